The summed E-state index contributed by atoms with van der Waals surface area (Å²) in [6.45, 7) is -0.562. The van der Waals surface area contributed by atoms with Crippen molar-refractivity contribution in [2.45, 2.75) is 31.7 Å². The Morgan fingerprint density at radius 3 is 2.39 bits per heavy atom. The quantitative estimate of drug-likeness (QED) is 0.404. The van der Waals surface area contributed by atoms with Gasteiger partial charge in [0, 0.05) is 11.6 Å². The molecule has 0 bridgehead atoms. The van der Waals surface area contributed by atoms with Gasteiger partial charge in [0.25, 0.3) is 5.91 Å². The van der Waals surface area contributed by atoms with Crippen LogP contribution in [0.25, 0.3) is 11.6 Å². The molecule has 31 heavy (non-hydrogen) atoms. The third kappa shape index (κ3) is 6.44. The fourth-order valence-electron chi connectivity index (χ4n) is 3.48. The van der Waals surface area contributed by atoms with E-state index >= 15 is 0 Å². The molecule has 3 rings (SSSR count). The number of nitrogens with one attached hydrogen (secondary N) is 2. The maximum Gasteiger partial charge on any atom is 0.339 e. The minimum atomic E-state index is -0.687. The summed E-state index contributed by atoms with van der Waals surface area (Å²) in [5.41, 5.74) is 1.60. The topological polar surface area (TPSA) is 93.7 Å². The highest BCUT2D eigenvalue weighted by Crippen LogP contribution is 2.25. The van der Waals surface area contributed by atoms with Crippen molar-refractivity contribution in [3.05, 3.63) is 65.7 Å². The number of amides is 3. The van der Waals surface area contributed by atoms with E-state index in [9.17, 15) is 14.4 Å². The molecule has 1 fully saturated rings. The molecule has 1 aliphatic rings. The summed E-state index contributed by atoms with van der Waals surface area (Å²) in [5.74, 6) is -0.762. The zero-order valence-corrected chi connectivity index (χ0v) is 17.4. The Morgan fingerprint density at radius 1 is 1.00 bits per heavy atom. The molecule has 0 radical (unpaired) electrons. The number of para-hydroxylation sites is 1. The second-order valence-corrected chi connectivity index (χ2v) is 7.25. The Hall–Kier alpha value is -3.61. The smallest absolute Gasteiger partial charge is 0.339 e. The monoisotopic (exact) mass is 422 g/mol. The van der Waals surface area contributed by atoms with E-state index in [0.717, 1.165) is 25.7 Å². The van der Waals surface area contributed by atoms with Gasteiger partial charge in [-0.1, -0.05) is 61.4 Å². The summed E-state index contributed by atoms with van der Waals surface area (Å²) in [7, 11) is 1.55. The van der Waals surface area contributed by atoms with Crippen LogP contribution >= 0.6 is 0 Å². The van der Waals surface area contributed by atoms with Crippen LogP contribution in [-0.2, 0) is 14.3 Å². The zero-order valence-electron chi connectivity index (χ0n) is 17.4. The number of rotatable bonds is 7. The lowest BCUT2D eigenvalue weighted by Gasteiger charge is -2.13. The lowest BCUT2D eigenvalue weighted by atomic mass is 10.0. The van der Waals surface area contributed by atoms with Gasteiger partial charge in [0.05, 0.1) is 12.7 Å². The highest BCUT2D eigenvalue weighted by molar-refractivity contribution is 6.22. The first-order valence-electron chi connectivity index (χ1n) is 10.2. The van der Waals surface area contributed by atoms with Crippen molar-refractivity contribution in [2.75, 3.05) is 13.7 Å². The van der Waals surface area contributed by atoms with Gasteiger partial charge in [-0.05, 0) is 30.5 Å². The van der Waals surface area contributed by atoms with E-state index in [2.05, 4.69) is 10.6 Å². The lowest BCUT2D eigenvalue weighted by Crippen LogP contribution is -2.45. The van der Waals surface area contributed by atoms with Crippen LogP contribution in [-0.4, -0.2) is 37.7 Å². The highest BCUT2D eigenvalue weighted by atomic mass is 16.5. The summed E-state index contributed by atoms with van der Waals surface area (Å²) >= 11 is 0. The molecular formula is C24H26N2O5. The van der Waals surface area contributed by atoms with Gasteiger partial charge in [0.15, 0.2) is 6.61 Å². The van der Waals surface area contributed by atoms with Crippen LogP contribution < -0.4 is 15.4 Å². The van der Waals surface area contributed by atoms with Gasteiger partial charge in [0.2, 0.25) is 0 Å². The molecule has 0 unspecified atom stereocenters. The fourth-order valence-corrected chi connectivity index (χ4v) is 3.48. The number of carbonyl (C=O) groups is 3. The van der Waals surface area contributed by atoms with E-state index in [1.165, 1.54) is 0 Å². The molecular weight excluding hydrogens is 396 g/mol. The van der Waals surface area contributed by atoms with Crippen LogP contribution in [0, 0.1) is 0 Å². The van der Waals surface area contributed by atoms with Crippen molar-refractivity contribution in [2.24, 2.45) is 0 Å². The normalized spacial score (nSPS) is 14.0. The molecule has 2 N–H and O–H groups in total. The molecule has 7 heteroatoms. The van der Waals surface area contributed by atoms with Gasteiger partial charge < -0.3 is 14.8 Å². The summed E-state index contributed by atoms with van der Waals surface area (Å²) in [6, 6.07) is 15.8. The summed E-state index contributed by atoms with van der Waals surface area (Å²) in [4.78, 5) is 36.8. The van der Waals surface area contributed by atoms with Gasteiger partial charge in [-0.25, -0.2) is 9.59 Å². The van der Waals surface area contributed by atoms with Gasteiger partial charge in [-0.2, -0.15) is 0 Å². The first kappa shape index (κ1) is 22.1. The number of benzene rings is 2. The van der Waals surface area contributed by atoms with Crippen molar-refractivity contribution >= 4 is 29.6 Å². The standard InChI is InChI=1S/C24H26N2O5/c1-30-21-14-8-5-11-18(21)15-20(17-9-3-2-4-10-17)23(28)31-16-22(27)26-24(29)25-19-12-6-7-13-19/h2-5,8-11,14-15,19H,6-7,12-13,16H2,1H3,(H2,25,26,27,29)/b20-15+. The van der Waals surface area contributed by atoms with E-state index in [-0.39, 0.29) is 11.6 Å². The Labute approximate surface area is 181 Å². The molecule has 1 saturated carbocycles. The van der Waals surface area contributed by atoms with E-state index in [1.54, 1.807) is 43.5 Å². The molecule has 3 amide bonds. The Balaban J connectivity index is 1.67. The largest absolute Gasteiger partial charge is 0.496 e. The average molecular weight is 422 g/mol. The van der Waals surface area contributed by atoms with Crippen molar-refractivity contribution in [3.63, 3.8) is 0 Å². The second-order valence-electron chi connectivity index (χ2n) is 7.25. The molecule has 1 aliphatic carbocycles. The Kier molecular flexibility index (Phi) is 7.81. The minimum Gasteiger partial charge on any atom is -0.496 e. The number of carbonyl (C=O) groups excluding carboxylic acids is 3. The van der Waals surface area contributed by atoms with Crippen molar-refractivity contribution in [1.29, 1.82) is 0 Å². The van der Waals surface area contributed by atoms with Crippen LogP contribution in [0.5, 0.6) is 5.75 Å². The van der Waals surface area contributed by atoms with Crippen molar-refractivity contribution < 1.29 is 23.9 Å². The van der Waals surface area contributed by atoms with Crippen LogP contribution in [0.1, 0.15) is 36.8 Å². The Bertz CT molecular complexity index is 949. The summed E-state index contributed by atoms with van der Waals surface area (Å²) in [5, 5.41) is 4.96. The minimum absolute atomic E-state index is 0.0869. The number of imide groups is 1. The van der Waals surface area contributed by atoms with Gasteiger partial charge in [0.1, 0.15) is 5.75 Å². The lowest BCUT2D eigenvalue weighted by molar-refractivity contribution is -0.142. The zero-order chi connectivity index (χ0) is 22.1. The molecule has 0 heterocycles. The van der Waals surface area contributed by atoms with Gasteiger partial charge in [-0.15, -0.1) is 0 Å². The molecule has 0 spiro atoms. The van der Waals surface area contributed by atoms with Crippen LogP contribution in [0.15, 0.2) is 54.6 Å². The van der Waals surface area contributed by atoms with Crippen LogP contribution in [0.2, 0.25) is 0 Å². The van der Waals surface area contributed by atoms with E-state index in [0.29, 0.717) is 16.9 Å². The molecule has 0 saturated heterocycles. The van der Waals surface area contributed by atoms with E-state index in [4.69, 9.17) is 9.47 Å². The van der Waals surface area contributed by atoms with E-state index in [1.807, 2.05) is 24.3 Å². The molecule has 0 aliphatic heterocycles. The summed E-state index contributed by atoms with van der Waals surface area (Å²) < 4.78 is 10.5. The maximum absolute atomic E-state index is 12.8. The van der Waals surface area contributed by atoms with Crippen LogP contribution in [0.4, 0.5) is 4.79 Å². The maximum atomic E-state index is 12.8. The number of hydrogen-bond acceptors (Lipinski definition) is 5. The second kappa shape index (κ2) is 11.0. The van der Waals surface area contributed by atoms with E-state index < -0.39 is 24.5 Å². The predicted octanol–water partition coefficient (Wildman–Crippen LogP) is 3.55. The average Bonchev–Trinajstić information content (AvgIpc) is 3.29. The molecule has 0 aromatic heterocycles. The molecule has 7 nitrogen and oxygen atoms in total. The SMILES string of the molecule is COc1ccccc1/C=C(/C(=O)OCC(=O)NC(=O)NC1CCCC1)c1ccccc1. The number of urea groups is 1. The number of methoxy groups -OCH3 is 1. The fraction of sp³-hybridized carbons (Fsp3) is 0.292. The number of esters is 1. The molecule has 2 aromatic carbocycles. The highest BCUT2D eigenvalue weighted by Gasteiger charge is 2.20. The Morgan fingerprint density at radius 2 is 1.68 bits per heavy atom. The van der Waals surface area contributed by atoms with Crippen molar-refractivity contribution in [1.82, 2.24) is 10.6 Å². The predicted molar refractivity (Wildman–Crippen MR) is 117 cm³/mol. The van der Waals surface area contributed by atoms with Gasteiger partial charge in [-0.3, -0.25) is 10.1 Å². The summed E-state index contributed by atoms with van der Waals surface area (Å²) in [6.07, 6.45) is 5.60. The molecule has 162 valence electrons. The van der Waals surface area contributed by atoms with Gasteiger partial charge >= 0.3 is 12.0 Å². The number of ether oxygens (including phenoxy) is 2. The first-order valence-corrected chi connectivity index (χ1v) is 10.2. The third-order valence-electron chi connectivity index (χ3n) is 5.02. The van der Waals surface area contributed by atoms with Crippen molar-refractivity contribution in [3.8, 4) is 5.75 Å². The first-order chi connectivity index (χ1) is 15.1. The third-order valence-corrected chi connectivity index (χ3v) is 5.02. The molecule has 0 atom stereocenters. The van der Waals surface area contributed by atoms with Crippen LogP contribution in [0.3, 0.4) is 0 Å². The number of hydrogen-bond donors (Lipinski definition) is 2. The molecule has 2 aromatic rings.